The second-order valence-electron chi connectivity index (χ2n) is 6.61. The summed E-state index contributed by atoms with van der Waals surface area (Å²) in [6.07, 6.45) is 26.8. The molecule has 134 valence electrons. The third-order valence-corrected chi connectivity index (χ3v) is 4.23. The van der Waals surface area contributed by atoms with Gasteiger partial charge >= 0.3 is 0 Å². The second kappa shape index (κ2) is 19.2. The van der Waals surface area contributed by atoms with Crippen LogP contribution in [0.15, 0.2) is 24.3 Å². The SMILES string of the molecule is CC/C=C/CC/C=C/C(=O)CCCCCCCCCCCCC. The zero-order valence-corrected chi connectivity index (χ0v) is 15.8. The van der Waals surface area contributed by atoms with Gasteiger partial charge in [0.05, 0.1) is 0 Å². The molecule has 0 heterocycles. The fourth-order valence-electron chi connectivity index (χ4n) is 2.74. The maximum Gasteiger partial charge on any atom is 0.155 e. The molecule has 0 aromatic rings. The van der Waals surface area contributed by atoms with E-state index in [2.05, 4.69) is 26.0 Å². The van der Waals surface area contributed by atoms with Crippen molar-refractivity contribution in [3.8, 4) is 0 Å². The Balaban J connectivity index is 3.26. The maximum atomic E-state index is 11.7. The van der Waals surface area contributed by atoms with E-state index in [0.717, 1.165) is 32.1 Å². The van der Waals surface area contributed by atoms with E-state index in [1.807, 2.05) is 6.08 Å². The fraction of sp³-hybridized carbons (Fsp3) is 0.773. The Bertz CT molecular complexity index is 301. The Kier molecular flexibility index (Phi) is 18.5. The molecule has 1 heteroatoms. The van der Waals surface area contributed by atoms with Crippen molar-refractivity contribution >= 4 is 5.78 Å². The molecule has 0 atom stereocenters. The van der Waals surface area contributed by atoms with Gasteiger partial charge in [-0.3, -0.25) is 4.79 Å². The van der Waals surface area contributed by atoms with Gasteiger partial charge in [0.25, 0.3) is 0 Å². The number of carbonyl (C=O) groups excluding carboxylic acids is 1. The third-order valence-electron chi connectivity index (χ3n) is 4.23. The number of rotatable bonds is 17. The van der Waals surface area contributed by atoms with Gasteiger partial charge in [-0.1, -0.05) is 96.3 Å². The zero-order chi connectivity index (χ0) is 17.0. The Morgan fingerprint density at radius 1 is 0.652 bits per heavy atom. The van der Waals surface area contributed by atoms with E-state index >= 15 is 0 Å². The number of unbranched alkanes of at least 4 members (excludes halogenated alkanes) is 11. The molecule has 0 radical (unpaired) electrons. The summed E-state index contributed by atoms with van der Waals surface area (Å²) in [7, 11) is 0. The van der Waals surface area contributed by atoms with E-state index in [-0.39, 0.29) is 0 Å². The third kappa shape index (κ3) is 19.1. The van der Waals surface area contributed by atoms with Crippen LogP contribution in [0.3, 0.4) is 0 Å². The van der Waals surface area contributed by atoms with E-state index < -0.39 is 0 Å². The number of ketones is 1. The van der Waals surface area contributed by atoms with Gasteiger partial charge in [0.15, 0.2) is 5.78 Å². The van der Waals surface area contributed by atoms with Gasteiger partial charge in [-0.05, 0) is 31.8 Å². The number of carbonyl (C=O) groups is 1. The van der Waals surface area contributed by atoms with Crippen molar-refractivity contribution in [2.24, 2.45) is 0 Å². The molecule has 23 heavy (non-hydrogen) atoms. The van der Waals surface area contributed by atoms with Crippen LogP contribution in [0.4, 0.5) is 0 Å². The molecule has 0 rings (SSSR count). The van der Waals surface area contributed by atoms with Crippen LogP contribution in [0, 0.1) is 0 Å². The van der Waals surface area contributed by atoms with Crippen molar-refractivity contribution in [3.63, 3.8) is 0 Å². The highest BCUT2D eigenvalue weighted by atomic mass is 16.1. The van der Waals surface area contributed by atoms with Crippen LogP contribution in [0.5, 0.6) is 0 Å². The average molecular weight is 321 g/mol. The van der Waals surface area contributed by atoms with Crippen molar-refractivity contribution in [3.05, 3.63) is 24.3 Å². The van der Waals surface area contributed by atoms with Crippen LogP contribution >= 0.6 is 0 Å². The molecule has 0 saturated carbocycles. The van der Waals surface area contributed by atoms with E-state index in [1.165, 1.54) is 64.2 Å². The summed E-state index contributed by atoms with van der Waals surface area (Å²) in [5, 5.41) is 0. The first-order chi connectivity index (χ1) is 11.3. The Hall–Kier alpha value is -0.850. The number of hydrogen-bond acceptors (Lipinski definition) is 1. The first-order valence-electron chi connectivity index (χ1n) is 10.2. The minimum absolute atomic E-state index is 0.306. The second-order valence-corrected chi connectivity index (χ2v) is 6.61. The average Bonchev–Trinajstić information content (AvgIpc) is 2.56. The Morgan fingerprint density at radius 3 is 1.74 bits per heavy atom. The van der Waals surface area contributed by atoms with Gasteiger partial charge in [0.2, 0.25) is 0 Å². The van der Waals surface area contributed by atoms with Gasteiger partial charge in [-0.15, -0.1) is 0 Å². The molecule has 0 bridgehead atoms. The quantitative estimate of drug-likeness (QED) is 0.153. The lowest BCUT2D eigenvalue weighted by molar-refractivity contribution is -0.114. The predicted octanol–water partition coefficient (Wildman–Crippen LogP) is 7.56. The lowest BCUT2D eigenvalue weighted by atomic mass is 10.0. The topological polar surface area (TPSA) is 17.1 Å². The molecular weight excluding hydrogens is 280 g/mol. The molecule has 0 aliphatic heterocycles. The van der Waals surface area contributed by atoms with Gasteiger partial charge in [-0.2, -0.15) is 0 Å². The van der Waals surface area contributed by atoms with Crippen LogP contribution < -0.4 is 0 Å². The smallest absolute Gasteiger partial charge is 0.155 e. The van der Waals surface area contributed by atoms with Crippen LogP contribution in [-0.2, 0) is 4.79 Å². The number of allylic oxidation sites excluding steroid dienone is 4. The van der Waals surface area contributed by atoms with Gasteiger partial charge < -0.3 is 0 Å². The maximum absolute atomic E-state index is 11.7. The summed E-state index contributed by atoms with van der Waals surface area (Å²) in [4.78, 5) is 11.7. The van der Waals surface area contributed by atoms with E-state index in [0.29, 0.717) is 5.78 Å². The number of hydrogen-bond donors (Lipinski definition) is 0. The minimum atomic E-state index is 0.306. The Morgan fingerprint density at radius 2 is 1.17 bits per heavy atom. The molecule has 0 unspecified atom stereocenters. The first kappa shape index (κ1) is 22.1. The predicted molar refractivity (Wildman–Crippen MR) is 104 cm³/mol. The first-order valence-corrected chi connectivity index (χ1v) is 10.2. The van der Waals surface area contributed by atoms with E-state index in [9.17, 15) is 4.79 Å². The molecule has 0 aliphatic rings. The molecule has 0 fully saturated rings. The van der Waals surface area contributed by atoms with Crippen molar-refractivity contribution < 1.29 is 4.79 Å². The Labute approximate surface area is 145 Å². The summed E-state index contributed by atoms with van der Waals surface area (Å²) >= 11 is 0. The molecule has 0 amide bonds. The van der Waals surface area contributed by atoms with Crippen LogP contribution in [-0.4, -0.2) is 5.78 Å². The molecule has 0 aromatic carbocycles. The van der Waals surface area contributed by atoms with Crippen molar-refractivity contribution in [2.75, 3.05) is 0 Å². The molecular formula is C22H40O. The van der Waals surface area contributed by atoms with Crippen LogP contribution in [0.25, 0.3) is 0 Å². The molecule has 0 saturated heterocycles. The lowest BCUT2D eigenvalue weighted by Gasteiger charge is -2.02. The largest absolute Gasteiger partial charge is 0.295 e. The summed E-state index contributed by atoms with van der Waals surface area (Å²) in [6, 6.07) is 0. The molecule has 0 aromatic heterocycles. The highest BCUT2D eigenvalue weighted by Crippen LogP contribution is 2.12. The lowest BCUT2D eigenvalue weighted by Crippen LogP contribution is -1.92. The summed E-state index contributed by atoms with van der Waals surface area (Å²) in [5.41, 5.74) is 0. The summed E-state index contributed by atoms with van der Waals surface area (Å²) < 4.78 is 0. The standard InChI is InChI=1S/C22H40O/c1-3-5-7-9-11-12-13-14-15-17-19-21-22(23)20-18-16-10-8-6-4-2/h6,8,18,20H,3-5,7,9-17,19,21H2,1-2H3/b8-6+,20-18+. The van der Waals surface area contributed by atoms with Crippen molar-refractivity contribution in [2.45, 2.75) is 110 Å². The van der Waals surface area contributed by atoms with E-state index in [4.69, 9.17) is 0 Å². The zero-order valence-electron chi connectivity index (χ0n) is 15.8. The molecule has 0 spiro atoms. The highest BCUT2D eigenvalue weighted by Gasteiger charge is 1.97. The van der Waals surface area contributed by atoms with Gasteiger partial charge in [0, 0.05) is 6.42 Å². The summed E-state index contributed by atoms with van der Waals surface area (Å²) in [5.74, 6) is 0.306. The van der Waals surface area contributed by atoms with Gasteiger partial charge in [-0.25, -0.2) is 0 Å². The van der Waals surface area contributed by atoms with Gasteiger partial charge in [0.1, 0.15) is 0 Å². The van der Waals surface area contributed by atoms with Crippen molar-refractivity contribution in [1.82, 2.24) is 0 Å². The molecule has 0 aliphatic carbocycles. The normalized spacial score (nSPS) is 11.7. The van der Waals surface area contributed by atoms with Crippen molar-refractivity contribution in [1.29, 1.82) is 0 Å². The highest BCUT2D eigenvalue weighted by molar-refractivity contribution is 5.89. The summed E-state index contributed by atoms with van der Waals surface area (Å²) in [6.45, 7) is 4.41. The van der Waals surface area contributed by atoms with Crippen LogP contribution in [0.1, 0.15) is 110 Å². The van der Waals surface area contributed by atoms with Crippen LogP contribution in [0.2, 0.25) is 0 Å². The molecule has 1 nitrogen and oxygen atoms in total. The minimum Gasteiger partial charge on any atom is -0.295 e. The molecule has 0 N–H and O–H groups in total. The fourth-order valence-corrected chi connectivity index (χ4v) is 2.74. The monoisotopic (exact) mass is 320 g/mol. The van der Waals surface area contributed by atoms with E-state index in [1.54, 1.807) is 6.08 Å².